The van der Waals surface area contributed by atoms with E-state index in [-0.39, 0.29) is 12.0 Å². The molecule has 0 spiro atoms. The van der Waals surface area contributed by atoms with Gasteiger partial charge in [0.15, 0.2) is 0 Å². The Balaban J connectivity index is 1.55. The minimum Gasteiger partial charge on any atom is -0.393 e. The molecule has 0 aliphatic carbocycles. The summed E-state index contributed by atoms with van der Waals surface area (Å²) in [6, 6.07) is 0.871. The Morgan fingerprint density at radius 2 is 1.68 bits per heavy atom. The molecule has 108 valence electrons. The van der Waals surface area contributed by atoms with E-state index in [4.69, 9.17) is 0 Å². The third-order valence-electron chi connectivity index (χ3n) is 5.03. The third-order valence-corrected chi connectivity index (χ3v) is 5.03. The van der Waals surface area contributed by atoms with Crippen molar-refractivity contribution >= 4 is 5.91 Å². The van der Waals surface area contributed by atoms with Crippen LogP contribution in [0.1, 0.15) is 25.7 Å². The second-order valence-electron chi connectivity index (χ2n) is 6.37. The molecule has 5 heteroatoms. The lowest BCUT2D eigenvalue weighted by atomic mass is 10.00. The lowest BCUT2D eigenvalue weighted by Gasteiger charge is -2.39. The van der Waals surface area contributed by atoms with Crippen LogP contribution < -0.4 is 0 Å². The normalized spacial score (nSPS) is 36.7. The van der Waals surface area contributed by atoms with Crippen LogP contribution in [0, 0.1) is 0 Å². The Bertz CT molecular complexity index is 328. The van der Waals surface area contributed by atoms with E-state index in [1.807, 2.05) is 4.90 Å². The number of aliphatic hydroxyl groups is 1. The zero-order chi connectivity index (χ0) is 13.4. The molecule has 3 rings (SSSR count). The Morgan fingerprint density at radius 3 is 2.26 bits per heavy atom. The second kappa shape index (κ2) is 5.38. The summed E-state index contributed by atoms with van der Waals surface area (Å²) in [4.78, 5) is 19.0. The summed E-state index contributed by atoms with van der Waals surface area (Å²) in [5.74, 6) is 0.279. The van der Waals surface area contributed by atoms with Crippen molar-refractivity contribution in [2.24, 2.45) is 0 Å². The van der Waals surface area contributed by atoms with Crippen molar-refractivity contribution in [2.75, 3.05) is 39.8 Å². The van der Waals surface area contributed by atoms with Crippen LogP contribution in [-0.2, 0) is 4.79 Å². The third kappa shape index (κ3) is 2.78. The first-order valence-electron chi connectivity index (χ1n) is 7.53. The fraction of sp³-hybridized carbons (Fsp3) is 0.929. The Morgan fingerprint density at radius 1 is 1.11 bits per heavy atom. The number of carbonyl (C=O) groups is 1. The summed E-state index contributed by atoms with van der Waals surface area (Å²) >= 11 is 0. The van der Waals surface area contributed by atoms with Gasteiger partial charge in [-0.2, -0.15) is 0 Å². The van der Waals surface area contributed by atoms with Gasteiger partial charge in [-0.3, -0.25) is 9.69 Å². The second-order valence-corrected chi connectivity index (χ2v) is 6.37. The van der Waals surface area contributed by atoms with Gasteiger partial charge in [-0.25, -0.2) is 0 Å². The molecule has 3 aliphatic rings. The van der Waals surface area contributed by atoms with E-state index in [2.05, 4.69) is 16.8 Å². The van der Waals surface area contributed by atoms with Crippen molar-refractivity contribution in [3.8, 4) is 0 Å². The molecule has 1 amide bonds. The lowest BCUT2D eigenvalue weighted by Crippen LogP contribution is -2.53. The maximum absolute atomic E-state index is 12.4. The number of hydrogen-bond acceptors (Lipinski definition) is 4. The number of hydrogen-bond donors (Lipinski definition) is 1. The number of carbonyl (C=O) groups excluding carboxylic acids is 1. The standard InChI is InChI=1S/C14H25N3O2/c1-15-4-6-16(7-5-15)14(19)10-17-11-2-3-12(17)9-13(18)8-11/h11-13,18H,2-10H2,1H3. The highest BCUT2D eigenvalue weighted by molar-refractivity contribution is 5.78. The van der Waals surface area contributed by atoms with Gasteiger partial charge in [0.1, 0.15) is 0 Å². The van der Waals surface area contributed by atoms with Gasteiger partial charge in [0.2, 0.25) is 5.91 Å². The van der Waals surface area contributed by atoms with Crippen LogP contribution in [0.25, 0.3) is 0 Å². The summed E-state index contributed by atoms with van der Waals surface area (Å²) < 4.78 is 0. The molecule has 2 atom stereocenters. The maximum atomic E-state index is 12.4. The van der Waals surface area contributed by atoms with Crippen LogP contribution >= 0.6 is 0 Å². The molecule has 3 saturated heterocycles. The van der Waals surface area contributed by atoms with E-state index in [1.165, 1.54) is 0 Å². The fourth-order valence-electron chi connectivity index (χ4n) is 3.82. The minimum atomic E-state index is -0.146. The molecular weight excluding hydrogens is 242 g/mol. The van der Waals surface area contributed by atoms with Gasteiger partial charge in [-0.15, -0.1) is 0 Å². The van der Waals surface area contributed by atoms with E-state index in [1.54, 1.807) is 0 Å². The van der Waals surface area contributed by atoms with Crippen molar-refractivity contribution in [2.45, 2.75) is 43.9 Å². The predicted molar refractivity (Wildman–Crippen MR) is 72.8 cm³/mol. The number of fused-ring (bicyclic) bond motifs is 2. The van der Waals surface area contributed by atoms with Gasteiger partial charge in [-0.05, 0) is 32.7 Å². The molecule has 2 unspecified atom stereocenters. The quantitative estimate of drug-likeness (QED) is 0.749. The first kappa shape index (κ1) is 13.3. The van der Waals surface area contributed by atoms with Crippen molar-refractivity contribution in [1.82, 2.24) is 14.7 Å². The van der Waals surface area contributed by atoms with Gasteiger partial charge < -0.3 is 14.9 Å². The summed E-state index contributed by atoms with van der Waals surface area (Å²) in [5.41, 5.74) is 0. The SMILES string of the molecule is CN1CCN(C(=O)CN2C3CCC2CC(O)C3)CC1. The highest BCUT2D eigenvalue weighted by atomic mass is 16.3. The van der Waals surface area contributed by atoms with Crippen LogP contribution in [0.4, 0.5) is 0 Å². The van der Waals surface area contributed by atoms with Gasteiger partial charge in [0.05, 0.1) is 12.6 Å². The van der Waals surface area contributed by atoms with Crippen LogP contribution in [0.15, 0.2) is 0 Å². The molecule has 19 heavy (non-hydrogen) atoms. The topological polar surface area (TPSA) is 47.0 Å². The van der Waals surface area contributed by atoms with Gasteiger partial charge in [0, 0.05) is 38.3 Å². The molecule has 0 aromatic carbocycles. The van der Waals surface area contributed by atoms with E-state index in [0.29, 0.717) is 18.6 Å². The average molecular weight is 267 g/mol. The minimum absolute atomic E-state index is 0.146. The molecule has 0 aromatic rings. The van der Waals surface area contributed by atoms with E-state index in [9.17, 15) is 9.90 Å². The number of aliphatic hydroxyl groups excluding tert-OH is 1. The molecule has 2 bridgehead atoms. The van der Waals surface area contributed by atoms with Crippen molar-refractivity contribution in [3.05, 3.63) is 0 Å². The van der Waals surface area contributed by atoms with Gasteiger partial charge in [0.25, 0.3) is 0 Å². The molecule has 0 radical (unpaired) electrons. The number of rotatable bonds is 2. The van der Waals surface area contributed by atoms with Crippen molar-refractivity contribution in [3.63, 3.8) is 0 Å². The zero-order valence-electron chi connectivity index (χ0n) is 11.8. The van der Waals surface area contributed by atoms with Crippen LogP contribution in [0.3, 0.4) is 0 Å². The Labute approximate surface area is 115 Å². The molecule has 0 aromatic heterocycles. The first-order chi connectivity index (χ1) is 9.13. The Hall–Kier alpha value is -0.650. The summed E-state index contributed by atoms with van der Waals surface area (Å²) in [6.07, 6.45) is 3.86. The van der Waals surface area contributed by atoms with Crippen molar-refractivity contribution < 1.29 is 9.90 Å². The summed E-state index contributed by atoms with van der Waals surface area (Å²) in [5, 5.41) is 9.79. The fourth-order valence-corrected chi connectivity index (χ4v) is 3.82. The lowest BCUT2D eigenvalue weighted by molar-refractivity contribution is -0.135. The number of amides is 1. The molecular formula is C14H25N3O2. The number of piperidine rings is 1. The number of likely N-dealkylation sites (N-methyl/N-ethyl adjacent to an activating group) is 1. The molecule has 0 saturated carbocycles. The van der Waals surface area contributed by atoms with E-state index < -0.39 is 0 Å². The maximum Gasteiger partial charge on any atom is 0.236 e. The molecule has 5 nitrogen and oxygen atoms in total. The summed E-state index contributed by atoms with van der Waals surface area (Å²) in [6.45, 7) is 4.25. The van der Waals surface area contributed by atoms with Crippen LogP contribution in [-0.4, -0.2) is 83.7 Å². The smallest absolute Gasteiger partial charge is 0.236 e. The molecule has 3 heterocycles. The zero-order valence-corrected chi connectivity index (χ0v) is 11.8. The molecule has 1 N–H and O–H groups in total. The highest BCUT2D eigenvalue weighted by Gasteiger charge is 2.41. The molecule has 3 fully saturated rings. The number of nitrogens with zero attached hydrogens (tertiary/aromatic N) is 3. The Kier molecular flexibility index (Phi) is 3.78. The van der Waals surface area contributed by atoms with Gasteiger partial charge in [-0.1, -0.05) is 0 Å². The monoisotopic (exact) mass is 267 g/mol. The largest absolute Gasteiger partial charge is 0.393 e. The van der Waals surface area contributed by atoms with E-state index in [0.717, 1.165) is 51.9 Å². The highest BCUT2D eigenvalue weighted by Crippen LogP contribution is 2.35. The molecule has 3 aliphatic heterocycles. The van der Waals surface area contributed by atoms with Crippen molar-refractivity contribution in [1.29, 1.82) is 0 Å². The first-order valence-corrected chi connectivity index (χ1v) is 7.53. The van der Waals surface area contributed by atoms with Gasteiger partial charge >= 0.3 is 0 Å². The average Bonchev–Trinajstić information content (AvgIpc) is 2.62. The van der Waals surface area contributed by atoms with E-state index >= 15 is 0 Å². The van der Waals surface area contributed by atoms with Crippen LogP contribution in [0.2, 0.25) is 0 Å². The number of piperazine rings is 1. The predicted octanol–water partition coefficient (Wildman–Crippen LogP) is -0.252. The summed E-state index contributed by atoms with van der Waals surface area (Å²) in [7, 11) is 2.11. The van der Waals surface area contributed by atoms with Crippen LogP contribution in [0.5, 0.6) is 0 Å².